The molecule has 1 aromatic heterocycles. The molecule has 5 aromatic carbocycles. The van der Waals surface area contributed by atoms with Crippen LogP contribution in [0.3, 0.4) is 0 Å². The van der Waals surface area contributed by atoms with Crippen LogP contribution in [-0.2, 0) is 21.3 Å². The fourth-order valence-electron chi connectivity index (χ4n) is 5.03. The number of furan rings is 1. The highest BCUT2D eigenvalue weighted by Gasteiger charge is 2.26. The number of carbonyl (C=O) groups excluding carboxylic acids is 1. The van der Waals surface area contributed by atoms with E-state index < -0.39 is 16.0 Å². The van der Waals surface area contributed by atoms with Crippen molar-refractivity contribution < 1.29 is 22.4 Å². The molecule has 0 atom stereocenters. The van der Waals surface area contributed by atoms with Crippen LogP contribution in [0.4, 0.5) is 5.69 Å². The Balaban J connectivity index is 1.41. The highest BCUT2D eigenvalue weighted by molar-refractivity contribution is 7.92. The monoisotopic (exact) mass is 587 g/mol. The van der Waals surface area contributed by atoms with Gasteiger partial charge in [-0.2, -0.15) is 0 Å². The molecule has 214 valence electrons. The predicted octanol–water partition coefficient (Wildman–Crippen LogP) is 8.34. The lowest BCUT2D eigenvalue weighted by molar-refractivity contribution is 0.0492. The number of fused-ring (bicyclic) bond motifs is 1. The fourth-order valence-corrected chi connectivity index (χ4v) is 6.47. The van der Waals surface area contributed by atoms with Gasteiger partial charge in [0.2, 0.25) is 5.76 Å². The molecule has 0 aliphatic carbocycles. The summed E-state index contributed by atoms with van der Waals surface area (Å²) in [5.74, 6) is -0.503. The van der Waals surface area contributed by atoms with Crippen LogP contribution >= 0.6 is 0 Å². The lowest BCUT2D eigenvalue weighted by atomic mass is 10.0. The summed E-state index contributed by atoms with van der Waals surface area (Å²) < 4.78 is 40.8. The van der Waals surface area contributed by atoms with Gasteiger partial charge in [-0.3, -0.25) is 4.31 Å². The quantitative estimate of drug-likeness (QED) is 0.159. The number of sulfonamides is 1. The van der Waals surface area contributed by atoms with Gasteiger partial charge in [-0.15, -0.1) is 0 Å². The standard InChI is InChI=1S/C36H29NO5S/c1-2-41-36(38)35-24-31-23-32(18-21-34(31)42-35)37(25-26-10-9-15-30(22-26)28-13-7-4-8-14-28)43(39,40)33-19-16-29(17-20-33)27-11-5-3-6-12-27/h3-24H,2,25H2,1H3. The minimum absolute atomic E-state index is 0.0653. The van der Waals surface area contributed by atoms with E-state index in [1.165, 1.54) is 4.31 Å². The molecule has 0 aliphatic heterocycles. The van der Waals surface area contributed by atoms with Gasteiger partial charge in [0.05, 0.1) is 23.7 Å². The van der Waals surface area contributed by atoms with Crippen LogP contribution in [0.15, 0.2) is 143 Å². The molecular weight excluding hydrogens is 558 g/mol. The largest absolute Gasteiger partial charge is 0.460 e. The molecule has 0 aliphatic rings. The van der Waals surface area contributed by atoms with E-state index in [-0.39, 0.29) is 23.8 Å². The van der Waals surface area contributed by atoms with Crippen molar-refractivity contribution >= 4 is 32.6 Å². The van der Waals surface area contributed by atoms with Gasteiger partial charge in [0, 0.05) is 5.39 Å². The molecule has 6 rings (SSSR count). The zero-order valence-corrected chi connectivity index (χ0v) is 24.3. The Morgan fingerprint density at radius 3 is 2.00 bits per heavy atom. The van der Waals surface area contributed by atoms with Gasteiger partial charge in [0.1, 0.15) is 5.58 Å². The smallest absolute Gasteiger partial charge is 0.374 e. The fraction of sp³-hybridized carbons (Fsp3) is 0.0833. The average molecular weight is 588 g/mol. The minimum atomic E-state index is -4.00. The molecule has 0 fully saturated rings. The number of benzene rings is 5. The highest BCUT2D eigenvalue weighted by atomic mass is 32.2. The second-order valence-corrected chi connectivity index (χ2v) is 11.9. The molecule has 0 bridgehead atoms. The molecule has 6 nitrogen and oxygen atoms in total. The van der Waals surface area contributed by atoms with Crippen LogP contribution in [0.2, 0.25) is 0 Å². The van der Waals surface area contributed by atoms with Gasteiger partial charge in [-0.1, -0.05) is 91.0 Å². The number of hydrogen-bond acceptors (Lipinski definition) is 5. The van der Waals surface area contributed by atoms with Crippen LogP contribution in [0.1, 0.15) is 23.0 Å². The van der Waals surface area contributed by atoms with Crippen molar-refractivity contribution in [1.29, 1.82) is 0 Å². The Hall–Kier alpha value is -5.14. The van der Waals surface area contributed by atoms with Crippen molar-refractivity contribution in [1.82, 2.24) is 0 Å². The van der Waals surface area contributed by atoms with Gasteiger partial charge in [0.15, 0.2) is 0 Å². The Labute approximate surface area is 250 Å². The van der Waals surface area contributed by atoms with E-state index >= 15 is 0 Å². The molecule has 0 saturated carbocycles. The summed E-state index contributed by atoms with van der Waals surface area (Å²) in [5, 5.41) is 0.596. The summed E-state index contributed by atoms with van der Waals surface area (Å²) in [7, 11) is -4.00. The van der Waals surface area contributed by atoms with E-state index in [9.17, 15) is 13.2 Å². The lowest BCUT2D eigenvalue weighted by Gasteiger charge is -2.25. The first-order valence-corrected chi connectivity index (χ1v) is 15.4. The maximum absolute atomic E-state index is 14.3. The van der Waals surface area contributed by atoms with E-state index in [2.05, 4.69) is 0 Å². The number of nitrogens with zero attached hydrogens (tertiary/aromatic N) is 1. The molecule has 7 heteroatoms. The van der Waals surface area contributed by atoms with Gasteiger partial charge >= 0.3 is 5.97 Å². The molecule has 1 heterocycles. The first-order valence-electron chi connectivity index (χ1n) is 14.0. The molecule has 0 saturated heterocycles. The summed E-state index contributed by atoms with van der Waals surface area (Å²) in [4.78, 5) is 12.4. The minimum Gasteiger partial charge on any atom is -0.460 e. The summed E-state index contributed by atoms with van der Waals surface area (Å²) in [5.41, 5.74) is 5.69. The topological polar surface area (TPSA) is 76.8 Å². The SMILES string of the molecule is CCOC(=O)c1cc2cc(N(Cc3cccc(-c4ccccc4)c3)S(=O)(=O)c3ccc(-c4ccccc4)cc3)ccc2o1. The van der Waals surface area contributed by atoms with E-state index in [0.29, 0.717) is 16.7 Å². The lowest BCUT2D eigenvalue weighted by Crippen LogP contribution is -2.30. The Morgan fingerprint density at radius 2 is 1.33 bits per heavy atom. The first-order chi connectivity index (χ1) is 20.9. The number of anilines is 1. The van der Waals surface area contributed by atoms with Crippen LogP contribution in [0, 0.1) is 0 Å². The molecular formula is C36H29NO5S. The maximum Gasteiger partial charge on any atom is 0.374 e. The summed E-state index contributed by atoms with van der Waals surface area (Å²) in [6, 6.07) is 41.2. The van der Waals surface area contributed by atoms with E-state index in [1.54, 1.807) is 43.3 Å². The predicted molar refractivity (Wildman–Crippen MR) is 169 cm³/mol. The van der Waals surface area contributed by atoms with Crippen LogP contribution in [0.5, 0.6) is 0 Å². The van der Waals surface area contributed by atoms with Crippen LogP contribution in [0.25, 0.3) is 33.2 Å². The van der Waals surface area contributed by atoms with Crippen LogP contribution < -0.4 is 4.31 Å². The zero-order chi connectivity index (χ0) is 29.8. The first kappa shape index (κ1) is 28.0. The molecule has 0 spiro atoms. The number of carbonyl (C=O) groups is 1. The summed E-state index contributed by atoms with van der Waals surface area (Å²) in [6.07, 6.45) is 0. The third-order valence-electron chi connectivity index (χ3n) is 7.17. The van der Waals surface area contributed by atoms with E-state index in [0.717, 1.165) is 27.8 Å². The third-order valence-corrected chi connectivity index (χ3v) is 8.96. The van der Waals surface area contributed by atoms with Crippen molar-refractivity contribution in [3.8, 4) is 22.3 Å². The second kappa shape index (κ2) is 12.0. The average Bonchev–Trinajstić information content (AvgIpc) is 3.49. The number of hydrogen-bond donors (Lipinski definition) is 0. The number of rotatable bonds is 9. The molecule has 0 radical (unpaired) electrons. The number of ether oxygens (including phenoxy) is 1. The summed E-state index contributed by atoms with van der Waals surface area (Å²) >= 11 is 0. The highest BCUT2D eigenvalue weighted by Crippen LogP contribution is 2.32. The normalized spacial score (nSPS) is 11.4. The van der Waals surface area contributed by atoms with Crippen molar-refractivity contribution in [3.05, 3.63) is 145 Å². The van der Waals surface area contributed by atoms with Crippen LogP contribution in [-0.4, -0.2) is 21.0 Å². The second-order valence-electron chi connectivity index (χ2n) is 10.0. The maximum atomic E-state index is 14.3. The van der Waals surface area contributed by atoms with Crippen molar-refractivity contribution in [3.63, 3.8) is 0 Å². The van der Waals surface area contributed by atoms with Gasteiger partial charge in [-0.05, 0) is 77.2 Å². The van der Waals surface area contributed by atoms with Crippen molar-refractivity contribution in [2.45, 2.75) is 18.4 Å². The van der Waals surface area contributed by atoms with Gasteiger partial charge in [-0.25, -0.2) is 13.2 Å². The number of esters is 1. The molecule has 43 heavy (non-hydrogen) atoms. The molecule has 0 unspecified atom stereocenters. The van der Waals surface area contributed by atoms with Crippen molar-refractivity contribution in [2.24, 2.45) is 0 Å². The van der Waals surface area contributed by atoms with Gasteiger partial charge in [0.25, 0.3) is 10.0 Å². The Morgan fingerprint density at radius 1 is 0.698 bits per heavy atom. The Kier molecular flexibility index (Phi) is 7.81. The zero-order valence-electron chi connectivity index (χ0n) is 23.5. The molecule has 0 N–H and O–H groups in total. The van der Waals surface area contributed by atoms with Crippen molar-refractivity contribution in [2.75, 3.05) is 10.9 Å². The van der Waals surface area contributed by atoms with Gasteiger partial charge < -0.3 is 9.15 Å². The third kappa shape index (κ3) is 5.94. The molecule has 6 aromatic rings. The molecule has 0 amide bonds. The van der Waals surface area contributed by atoms with E-state index in [1.807, 2.05) is 97.1 Å². The Bertz CT molecular complexity index is 1980. The van der Waals surface area contributed by atoms with E-state index in [4.69, 9.17) is 9.15 Å². The summed E-state index contributed by atoms with van der Waals surface area (Å²) in [6.45, 7) is 2.04.